The van der Waals surface area contributed by atoms with Crippen molar-refractivity contribution in [3.05, 3.63) is 88.9 Å². The number of aromatic nitrogens is 2. The third-order valence-corrected chi connectivity index (χ3v) is 8.06. The Labute approximate surface area is 257 Å². The molecule has 0 bridgehead atoms. The van der Waals surface area contributed by atoms with E-state index in [1.54, 1.807) is 4.90 Å². The molecule has 0 saturated carbocycles. The second-order valence-corrected chi connectivity index (χ2v) is 12.5. The van der Waals surface area contributed by atoms with E-state index in [-0.39, 0.29) is 12.3 Å². The molecule has 1 aromatic heterocycles. The fourth-order valence-corrected chi connectivity index (χ4v) is 5.94. The van der Waals surface area contributed by atoms with Gasteiger partial charge in [0.15, 0.2) is 12.0 Å². The molecule has 0 N–H and O–H groups in total. The van der Waals surface area contributed by atoms with Crippen molar-refractivity contribution in [1.82, 2.24) is 14.7 Å². The summed E-state index contributed by atoms with van der Waals surface area (Å²) >= 11 is 7.09. The van der Waals surface area contributed by atoms with Gasteiger partial charge in [-0.05, 0) is 52.2 Å². The first kappa shape index (κ1) is 29.2. The topological polar surface area (TPSA) is 72.2 Å². The molecule has 2 aliphatic rings. The highest BCUT2D eigenvalue weighted by Gasteiger charge is 2.28. The third kappa shape index (κ3) is 6.55. The van der Waals surface area contributed by atoms with E-state index in [2.05, 4.69) is 35.2 Å². The number of hydrogen-bond acceptors (Lipinski definition) is 6. The molecule has 6 rings (SSSR count). The zero-order chi connectivity index (χ0) is 30.0. The molecule has 2 fully saturated rings. The summed E-state index contributed by atoms with van der Waals surface area (Å²) in [5, 5.41) is 6.44. The molecule has 0 aliphatic carbocycles. The second-order valence-electron chi connectivity index (χ2n) is 12.1. The van der Waals surface area contributed by atoms with Crippen molar-refractivity contribution in [3.8, 4) is 0 Å². The number of halogens is 1. The Kier molecular flexibility index (Phi) is 8.41. The van der Waals surface area contributed by atoms with E-state index in [1.165, 1.54) is 0 Å². The Balaban J connectivity index is 1.39. The Hall–Kier alpha value is -3.88. The van der Waals surface area contributed by atoms with E-state index in [1.807, 2.05) is 67.9 Å². The van der Waals surface area contributed by atoms with Gasteiger partial charge in [-0.2, -0.15) is 0 Å². The van der Waals surface area contributed by atoms with Crippen LogP contribution in [0.5, 0.6) is 0 Å². The number of hydrogen-bond donors (Lipinski definition) is 0. The van der Waals surface area contributed by atoms with Crippen molar-refractivity contribution < 1.29 is 14.3 Å². The van der Waals surface area contributed by atoms with Crippen LogP contribution in [0.2, 0.25) is 5.02 Å². The normalized spacial score (nSPS) is 17.6. The van der Waals surface area contributed by atoms with Crippen LogP contribution in [0.1, 0.15) is 57.4 Å². The van der Waals surface area contributed by atoms with E-state index < -0.39 is 5.60 Å². The highest BCUT2D eigenvalue weighted by atomic mass is 35.5. The number of carbonyl (C=O) groups is 1. The molecule has 8 nitrogen and oxygen atoms in total. The number of rotatable bonds is 5. The maximum absolute atomic E-state index is 12.6. The molecule has 2 aliphatic heterocycles. The largest absolute Gasteiger partial charge is 0.444 e. The smallest absolute Gasteiger partial charge is 0.410 e. The molecule has 1 unspecified atom stereocenters. The highest BCUT2D eigenvalue weighted by molar-refractivity contribution is 6.37. The van der Waals surface area contributed by atoms with E-state index in [4.69, 9.17) is 31.2 Å². The van der Waals surface area contributed by atoms with Crippen molar-refractivity contribution in [2.24, 2.45) is 4.99 Å². The van der Waals surface area contributed by atoms with Crippen LogP contribution in [0.4, 0.5) is 16.3 Å². The first-order valence-corrected chi connectivity index (χ1v) is 15.4. The first-order chi connectivity index (χ1) is 20.8. The van der Waals surface area contributed by atoms with Crippen LogP contribution >= 0.6 is 11.6 Å². The molecular formula is C34H38ClN5O3. The molecular weight excluding hydrogens is 562 g/mol. The molecule has 224 valence electrons. The SMILES string of the molecule is CC(C)(C)OC(=O)N1CCN(c2cc(Cl)c3c(N=C(c4ccccc4)c4ccccc4)nn(C4CCCCO4)c3c2)CC1. The molecule has 43 heavy (non-hydrogen) atoms. The van der Waals surface area contributed by atoms with E-state index in [9.17, 15) is 4.79 Å². The minimum absolute atomic E-state index is 0.188. The summed E-state index contributed by atoms with van der Waals surface area (Å²) in [6, 6.07) is 24.4. The summed E-state index contributed by atoms with van der Waals surface area (Å²) in [5.41, 5.74) is 4.19. The number of ether oxygens (including phenoxy) is 2. The van der Waals surface area contributed by atoms with Gasteiger partial charge in [-0.15, -0.1) is 5.10 Å². The molecule has 3 aromatic carbocycles. The van der Waals surface area contributed by atoms with Gasteiger partial charge in [0.2, 0.25) is 0 Å². The maximum Gasteiger partial charge on any atom is 0.410 e. The van der Waals surface area contributed by atoms with Gasteiger partial charge >= 0.3 is 6.09 Å². The van der Waals surface area contributed by atoms with Gasteiger partial charge in [0, 0.05) is 49.6 Å². The lowest BCUT2D eigenvalue weighted by Gasteiger charge is -2.37. The quantitative estimate of drug-likeness (QED) is 0.221. The Morgan fingerprint density at radius 2 is 1.60 bits per heavy atom. The van der Waals surface area contributed by atoms with Crippen molar-refractivity contribution in [2.75, 3.05) is 37.7 Å². The third-order valence-electron chi connectivity index (χ3n) is 7.76. The molecule has 4 aromatic rings. The van der Waals surface area contributed by atoms with Crippen molar-refractivity contribution in [3.63, 3.8) is 0 Å². The summed E-state index contributed by atoms with van der Waals surface area (Å²) in [6.45, 7) is 8.85. The molecule has 1 atom stereocenters. The maximum atomic E-state index is 12.6. The standard InChI is InChI=1S/C34H38ClN5O3/c1-34(2,3)43-33(41)39-19-17-38(18-20-39)26-22-27(35)30-28(23-26)40(29-16-10-11-21-42-29)37-32(30)36-31(24-12-6-4-7-13-24)25-14-8-5-9-15-25/h4-9,12-15,22-23,29H,10-11,16-21H2,1-3H3. The van der Waals surface area contributed by atoms with Gasteiger partial charge in [-0.1, -0.05) is 72.3 Å². The lowest BCUT2D eigenvalue weighted by atomic mass is 10.0. The second kappa shape index (κ2) is 12.4. The number of benzene rings is 3. The molecule has 3 heterocycles. The number of fused-ring (bicyclic) bond motifs is 1. The van der Waals surface area contributed by atoms with E-state index >= 15 is 0 Å². The molecule has 9 heteroatoms. The van der Waals surface area contributed by atoms with Crippen LogP contribution in [0.3, 0.4) is 0 Å². The highest BCUT2D eigenvalue weighted by Crippen LogP contribution is 2.39. The summed E-state index contributed by atoms with van der Waals surface area (Å²) in [5.74, 6) is 0.568. The zero-order valence-electron chi connectivity index (χ0n) is 25.0. The molecule has 0 radical (unpaired) electrons. The van der Waals surface area contributed by atoms with Gasteiger partial charge in [0.25, 0.3) is 0 Å². The summed E-state index contributed by atoms with van der Waals surface area (Å²) in [4.78, 5) is 21.8. The van der Waals surface area contributed by atoms with Crippen LogP contribution in [-0.4, -0.2) is 64.9 Å². The van der Waals surface area contributed by atoms with Gasteiger partial charge in [0.1, 0.15) is 5.60 Å². The average molecular weight is 600 g/mol. The van der Waals surface area contributed by atoms with Crippen LogP contribution < -0.4 is 4.90 Å². The predicted molar refractivity (Wildman–Crippen MR) is 172 cm³/mol. The number of aliphatic imine (C=N–C) groups is 1. The minimum atomic E-state index is -0.520. The average Bonchev–Trinajstić information content (AvgIpc) is 3.39. The Morgan fingerprint density at radius 1 is 0.953 bits per heavy atom. The van der Waals surface area contributed by atoms with Crippen molar-refractivity contribution in [1.29, 1.82) is 0 Å². The predicted octanol–water partition coefficient (Wildman–Crippen LogP) is 7.62. The first-order valence-electron chi connectivity index (χ1n) is 15.0. The van der Waals surface area contributed by atoms with Crippen molar-refractivity contribution >= 4 is 45.8 Å². The minimum Gasteiger partial charge on any atom is -0.444 e. The molecule has 0 spiro atoms. The van der Waals surface area contributed by atoms with Gasteiger partial charge in [0.05, 0.1) is 21.6 Å². The molecule has 2 saturated heterocycles. The number of amides is 1. The molecule has 1 amide bonds. The summed E-state index contributed by atoms with van der Waals surface area (Å²) in [7, 11) is 0. The van der Waals surface area contributed by atoms with Gasteiger partial charge in [-0.3, -0.25) is 0 Å². The fourth-order valence-electron chi connectivity index (χ4n) is 5.65. The monoisotopic (exact) mass is 599 g/mol. The fraction of sp³-hybridized carbons (Fsp3) is 0.382. The van der Waals surface area contributed by atoms with Gasteiger partial charge < -0.3 is 19.3 Å². The van der Waals surface area contributed by atoms with Crippen LogP contribution in [0.15, 0.2) is 77.8 Å². The lowest BCUT2D eigenvalue weighted by Crippen LogP contribution is -2.50. The summed E-state index contributed by atoms with van der Waals surface area (Å²) < 4.78 is 13.8. The van der Waals surface area contributed by atoms with Crippen molar-refractivity contribution in [2.45, 2.75) is 51.9 Å². The number of piperazine rings is 1. The van der Waals surface area contributed by atoms with E-state index in [0.717, 1.165) is 52.7 Å². The lowest BCUT2D eigenvalue weighted by molar-refractivity contribution is -0.0365. The van der Waals surface area contributed by atoms with E-state index in [0.29, 0.717) is 43.6 Å². The number of nitrogens with zero attached hydrogens (tertiary/aromatic N) is 5. The summed E-state index contributed by atoms with van der Waals surface area (Å²) in [6.07, 6.45) is 2.53. The van der Waals surface area contributed by atoms with Crippen LogP contribution in [0.25, 0.3) is 10.9 Å². The Bertz CT molecular complexity index is 1560. The van der Waals surface area contributed by atoms with Crippen LogP contribution in [-0.2, 0) is 9.47 Å². The number of anilines is 1. The number of carbonyl (C=O) groups excluding carboxylic acids is 1. The Morgan fingerprint density at radius 3 is 2.19 bits per heavy atom. The zero-order valence-corrected chi connectivity index (χ0v) is 25.8. The van der Waals surface area contributed by atoms with Gasteiger partial charge in [-0.25, -0.2) is 14.5 Å². The van der Waals surface area contributed by atoms with Crippen LogP contribution in [0, 0.1) is 0 Å².